The van der Waals surface area contributed by atoms with Gasteiger partial charge in [-0.15, -0.1) is 0 Å². The molecule has 0 bridgehead atoms. The normalized spacial score (nSPS) is 55.1. The van der Waals surface area contributed by atoms with Crippen LogP contribution in [0.15, 0.2) is 70.9 Å². The summed E-state index contributed by atoms with van der Waals surface area (Å²) in [6, 6.07) is 11.3. The lowest BCUT2D eigenvalue weighted by molar-refractivity contribution is 0.102. The van der Waals surface area contributed by atoms with Gasteiger partial charge in [-0.1, -0.05) is 59.7 Å². The Balaban J connectivity index is 1.26. The van der Waals surface area contributed by atoms with Crippen molar-refractivity contribution in [1.82, 2.24) is 0 Å². The van der Waals surface area contributed by atoms with Gasteiger partial charge in [0.25, 0.3) is 0 Å². The Labute approximate surface area is 254 Å². The van der Waals surface area contributed by atoms with Crippen molar-refractivity contribution in [2.75, 3.05) is 0 Å². The molecule has 16 unspecified atom stereocenters. The third-order valence-corrected chi connectivity index (χ3v) is 17.5. The smallest absolute Gasteiger partial charge is 0.113 e. The Morgan fingerprint density at radius 3 is 2.02 bits per heavy atom. The van der Waals surface area contributed by atoms with Crippen molar-refractivity contribution < 1.29 is 0 Å². The Hall–Kier alpha value is -3.88. The van der Waals surface area contributed by atoms with Gasteiger partial charge in [-0.3, -0.25) is 0 Å². The van der Waals surface area contributed by atoms with Gasteiger partial charge in [0.1, 0.15) is 10.8 Å². The summed E-state index contributed by atoms with van der Waals surface area (Å²) >= 11 is 0. The van der Waals surface area contributed by atoms with Crippen molar-refractivity contribution in [2.24, 2.45) is 70.5 Å². The van der Waals surface area contributed by atoms with Gasteiger partial charge in [-0.05, 0) is 144 Å². The second-order valence-electron chi connectivity index (χ2n) is 17.3. The van der Waals surface area contributed by atoms with Crippen LogP contribution in [-0.4, -0.2) is 0 Å². The predicted molar refractivity (Wildman–Crippen MR) is 163 cm³/mol. The fraction of sp³-hybridized carbons (Fsp3) is 0.429. The van der Waals surface area contributed by atoms with E-state index in [9.17, 15) is 10.5 Å². The standard InChI is InChI=1S/C42H26N2/c43-11-41-21-9-10-22-20-8-6-18-16-4-2-14-13-1-3-15-17-5-7-19(21)29-27(17)32-25(15)23(13)31-24(14)26(16)33-28(18)30(20)40(42(22,41)12-44)38-36(33)34(31)35(32)37(38)39(29)41/h1-8,13-17,19,21-27,29H,9-10H2. The van der Waals surface area contributed by atoms with Crippen molar-refractivity contribution in [1.29, 1.82) is 10.5 Å². The van der Waals surface area contributed by atoms with Crippen LogP contribution in [0, 0.1) is 93.2 Å². The zero-order valence-corrected chi connectivity index (χ0v) is 24.0. The second kappa shape index (κ2) is 5.24. The van der Waals surface area contributed by atoms with Crippen LogP contribution in [-0.2, 0) is 5.41 Å². The van der Waals surface area contributed by atoms with Crippen LogP contribution in [0.25, 0.3) is 21.9 Å². The third-order valence-electron chi connectivity index (χ3n) is 17.5. The van der Waals surface area contributed by atoms with Gasteiger partial charge in [0.05, 0.1) is 12.1 Å². The minimum Gasteiger partial charge on any atom is -0.197 e. The number of fused-ring (bicyclic) bond motifs is 5. The molecule has 14 aliphatic carbocycles. The Bertz CT molecular complexity index is 2430. The zero-order chi connectivity index (χ0) is 27.7. The molecule has 0 saturated heterocycles. The quantitative estimate of drug-likeness (QED) is 0.313. The topological polar surface area (TPSA) is 47.6 Å². The molecule has 14 aliphatic rings. The van der Waals surface area contributed by atoms with Crippen LogP contribution in [0.5, 0.6) is 0 Å². The number of nitrogens with zero attached hydrogens (tertiary/aromatic N) is 2. The summed E-state index contributed by atoms with van der Waals surface area (Å²) in [6.07, 6.45) is 18.1. The summed E-state index contributed by atoms with van der Waals surface area (Å²) in [5.41, 5.74) is 17.6. The fourth-order valence-corrected chi connectivity index (χ4v) is 17.3. The molecule has 16 rings (SSSR count). The summed E-state index contributed by atoms with van der Waals surface area (Å²) in [7, 11) is 0. The molecule has 0 heterocycles. The van der Waals surface area contributed by atoms with Crippen molar-refractivity contribution in [3.8, 4) is 12.1 Å². The lowest BCUT2D eigenvalue weighted by Gasteiger charge is -2.54. The van der Waals surface area contributed by atoms with E-state index in [1.165, 1.54) is 44.2 Å². The molecule has 2 aromatic rings. The fourth-order valence-electron chi connectivity index (χ4n) is 17.3. The highest BCUT2D eigenvalue weighted by Crippen LogP contribution is 2.87. The molecular weight excluding hydrogens is 532 g/mol. The SMILES string of the molecule is N#CC12C3=C4C5=C6C7C8C=CC9C%10C=CC%11c%12ccc%13c%14c(c4c4c(c%12%14)C%11C%10C(=C54)C97)C1(C#N)C%13CCC2C1C=CC8C6C31. The first-order chi connectivity index (χ1) is 21.8. The van der Waals surface area contributed by atoms with Crippen LogP contribution in [0.2, 0.25) is 0 Å². The Kier molecular flexibility index (Phi) is 2.41. The number of allylic oxidation sites excluding steroid dienone is 12. The number of benzene rings is 2. The molecule has 0 radical (unpaired) electrons. The first-order valence-electron chi connectivity index (χ1n) is 17.6. The molecule has 44 heavy (non-hydrogen) atoms. The third kappa shape index (κ3) is 1.31. The van der Waals surface area contributed by atoms with Crippen LogP contribution >= 0.6 is 0 Å². The molecular formula is C42H26N2. The highest BCUT2D eigenvalue weighted by molar-refractivity contribution is 6.22. The first-order valence-corrected chi connectivity index (χ1v) is 17.6. The summed E-state index contributed by atoms with van der Waals surface area (Å²) in [6.45, 7) is 0. The molecule has 2 nitrogen and oxygen atoms in total. The van der Waals surface area contributed by atoms with Crippen molar-refractivity contribution in [3.05, 3.63) is 104 Å². The van der Waals surface area contributed by atoms with E-state index >= 15 is 0 Å². The predicted octanol–water partition coefficient (Wildman–Crippen LogP) is 7.58. The average Bonchev–Trinajstić information content (AvgIpc) is 3.86. The molecule has 0 spiro atoms. The van der Waals surface area contributed by atoms with Gasteiger partial charge in [-0.2, -0.15) is 10.5 Å². The lowest BCUT2D eigenvalue weighted by atomic mass is 9.44. The van der Waals surface area contributed by atoms with Gasteiger partial charge < -0.3 is 0 Å². The first kappa shape index (κ1) is 20.2. The van der Waals surface area contributed by atoms with E-state index < -0.39 is 10.8 Å². The van der Waals surface area contributed by atoms with E-state index in [4.69, 9.17) is 0 Å². The maximum absolute atomic E-state index is 11.8. The van der Waals surface area contributed by atoms with E-state index in [0.717, 1.165) is 12.8 Å². The molecule has 2 aromatic carbocycles. The van der Waals surface area contributed by atoms with Crippen LogP contribution < -0.4 is 0 Å². The van der Waals surface area contributed by atoms with Gasteiger partial charge in [0.2, 0.25) is 0 Å². The van der Waals surface area contributed by atoms with Crippen LogP contribution in [0.3, 0.4) is 0 Å². The molecule has 0 aromatic heterocycles. The van der Waals surface area contributed by atoms with E-state index in [-0.39, 0.29) is 11.8 Å². The molecule has 2 heteroatoms. The van der Waals surface area contributed by atoms with E-state index in [1.807, 2.05) is 11.1 Å². The maximum Gasteiger partial charge on any atom is 0.113 e. The molecule has 0 N–H and O–H groups in total. The number of hydrogen-bond donors (Lipinski definition) is 0. The van der Waals surface area contributed by atoms with E-state index in [2.05, 4.69) is 60.7 Å². The maximum atomic E-state index is 11.8. The van der Waals surface area contributed by atoms with Gasteiger partial charge >= 0.3 is 0 Å². The number of nitriles is 2. The largest absolute Gasteiger partial charge is 0.197 e. The molecule has 204 valence electrons. The number of rotatable bonds is 0. The molecule has 0 aliphatic heterocycles. The zero-order valence-electron chi connectivity index (χ0n) is 24.0. The molecule has 0 amide bonds. The summed E-state index contributed by atoms with van der Waals surface area (Å²) in [5, 5.41) is 26.7. The monoisotopic (exact) mass is 558 g/mol. The van der Waals surface area contributed by atoms with Gasteiger partial charge in [-0.25, -0.2) is 0 Å². The number of hydrogen-bond acceptors (Lipinski definition) is 2. The van der Waals surface area contributed by atoms with Crippen molar-refractivity contribution >= 4 is 21.9 Å². The van der Waals surface area contributed by atoms with E-state index in [1.54, 1.807) is 22.3 Å². The minimum atomic E-state index is -0.763. The van der Waals surface area contributed by atoms with Crippen LogP contribution in [0.1, 0.15) is 64.0 Å². The summed E-state index contributed by atoms with van der Waals surface area (Å²) < 4.78 is 0. The summed E-state index contributed by atoms with van der Waals surface area (Å²) in [5.74, 6) is 6.89. The average molecular weight is 559 g/mol. The lowest BCUT2D eigenvalue weighted by Crippen LogP contribution is -2.55. The van der Waals surface area contributed by atoms with Crippen molar-refractivity contribution in [2.45, 2.75) is 36.0 Å². The molecule has 4 fully saturated rings. The molecule has 16 atom stereocenters. The van der Waals surface area contributed by atoms with Gasteiger partial charge in [0, 0.05) is 17.8 Å². The van der Waals surface area contributed by atoms with Crippen LogP contribution in [0.4, 0.5) is 0 Å². The Morgan fingerprint density at radius 1 is 0.591 bits per heavy atom. The second-order valence-corrected chi connectivity index (χ2v) is 17.3. The van der Waals surface area contributed by atoms with E-state index in [0.29, 0.717) is 71.0 Å². The molecule has 4 saturated carbocycles. The highest BCUT2D eigenvalue weighted by atomic mass is 14.8. The van der Waals surface area contributed by atoms with Crippen molar-refractivity contribution in [3.63, 3.8) is 0 Å². The highest BCUT2D eigenvalue weighted by Gasteiger charge is 2.81. The summed E-state index contributed by atoms with van der Waals surface area (Å²) in [4.78, 5) is 0. The van der Waals surface area contributed by atoms with Gasteiger partial charge in [0.15, 0.2) is 0 Å². The Morgan fingerprint density at radius 2 is 1.25 bits per heavy atom. The minimum absolute atomic E-state index is 0.130.